The molecule has 3 aromatic rings. The number of aryl methyl sites for hydroxylation is 1. The van der Waals surface area contributed by atoms with E-state index in [1.54, 1.807) is 6.07 Å². The number of hydrogen-bond donors (Lipinski definition) is 1. The second-order valence-electron chi connectivity index (χ2n) is 7.62. The van der Waals surface area contributed by atoms with E-state index < -0.39 is 0 Å². The van der Waals surface area contributed by atoms with E-state index >= 15 is 0 Å². The van der Waals surface area contributed by atoms with Gasteiger partial charge >= 0.3 is 0 Å². The van der Waals surface area contributed by atoms with Crippen LogP contribution < -0.4 is 5.32 Å². The molecule has 1 fully saturated rings. The van der Waals surface area contributed by atoms with Crippen molar-refractivity contribution in [2.24, 2.45) is 0 Å². The molecular formula is C24H27FN2O. The summed E-state index contributed by atoms with van der Waals surface area (Å²) in [5.41, 5.74) is 5.95. The standard InChI is InChI=1S/C24H27FN2O/c1-3-4-5-21(20-8-7-19(25)14-16(20)2)18-6-9-22-23(15-18)28-24(27-22)17-10-12-26-13-11-17/h5-9,14-15,17,26H,3-4,10-13H2,1-2H3. The highest BCUT2D eigenvalue weighted by Crippen LogP contribution is 2.32. The van der Waals surface area contributed by atoms with Crippen molar-refractivity contribution in [2.75, 3.05) is 13.1 Å². The van der Waals surface area contributed by atoms with E-state index in [1.807, 2.05) is 19.1 Å². The number of aromatic nitrogens is 1. The van der Waals surface area contributed by atoms with Gasteiger partial charge < -0.3 is 9.73 Å². The van der Waals surface area contributed by atoms with E-state index in [0.717, 1.165) is 78.0 Å². The summed E-state index contributed by atoms with van der Waals surface area (Å²) in [5.74, 6) is 1.05. The van der Waals surface area contributed by atoms with Gasteiger partial charge in [0.25, 0.3) is 0 Å². The quantitative estimate of drug-likeness (QED) is 0.594. The number of oxazole rings is 1. The summed E-state index contributed by atoms with van der Waals surface area (Å²) in [7, 11) is 0. The van der Waals surface area contributed by atoms with E-state index in [-0.39, 0.29) is 5.82 Å². The highest BCUT2D eigenvalue weighted by molar-refractivity contribution is 5.86. The fourth-order valence-corrected chi connectivity index (χ4v) is 3.95. The molecule has 2 aromatic carbocycles. The van der Waals surface area contributed by atoms with E-state index in [4.69, 9.17) is 9.40 Å². The maximum absolute atomic E-state index is 13.6. The van der Waals surface area contributed by atoms with Crippen molar-refractivity contribution in [3.8, 4) is 0 Å². The van der Waals surface area contributed by atoms with Crippen molar-refractivity contribution in [3.63, 3.8) is 0 Å². The third-order valence-electron chi connectivity index (χ3n) is 5.52. The lowest BCUT2D eigenvalue weighted by atomic mass is 9.93. The molecule has 0 atom stereocenters. The minimum atomic E-state index is -0.201. The summed E-state index contributed by atoms with van der Waals surface area (Å²) >= 11 is 0. The fraction of sp³-hybridized carbons (Fsp3) is 0.375. The lowest BCUT2D eigenvalue weighted by Gasteiger charge is -2.19. The molecule has 0 unspecified atom stereocenters. The zero-order chi connectivity index (χ0) is 19.5. The van der Waals surface area contributed by atoms with Gasteiger partial charge in [0.05, 0.1) is 0 Å². The Morgan fingerprint density at radius 3 is 2.79 bits per heavy atom. The Morgan fingerprint density at radius 1 is 1.21 bits per heavy atom. The van der Waals surface area contributed by atoms with Gasteiger partial charge in [0, 0.05) is 5.92 Å². The molecule has 3 nitrogen and oxygen atoms in total. The predicted molar refractivity (Wildman–Crippen MR) is 112 cm³/mol. The molecule has 0 aliphatic carbocycles. The Balaban J connectivity index is 1.73. The SMILES string of the molecule is CCCC=C(c1ccc2nc(C3CCNCC3)oc2c1)c1ccc(F)cc1C. The molecular weight excluding hydrogens is 351 g/mol. The van der Waals surface area contributed by atoms with Gasteiger partial charge in [-0.25, -0.2) is 9.37 Å². The first-order valence-corrected chi connectivity index (χ1v) is 10.2. The number of fused-ring (bicyclic) bond motifs is 1. The summed E-state index contributed by atoms with van der Waals surface area (Å²) in [4.78, 5) is 4.74. The second-order valence-corrected chi connectivity index (χ2v) is 7.62. The van der Waals surface area contributed by atoms with Crippen molar-refractivity contribution < 1.29 is 8.81 Å². The molecule has 28 heavy (non-hydrogen) atoms. The van der Waals surface area contributed by atoms with Crippen molar-refractivity contribution in [2.45, 2.75) is 45.4 Å². The van der Waals surface area contributed by atoms with E-state index in [2.05, 4.69) is 30.4 Å². The summed E-state index contributed by atoms with van der Waals surface area (Å²) < 4.78 is 19.8. The molecule has 4 rings (SSSR count). The maximum Gasteiger partial charge on any atom is 0.198 e. The molecule has 1 aliphatic heterocycles. The maximum atomic E-state index is 13.6. The lowest BCUT2D eigenvalue weighted by molar-refractivity contribution is 0.385. The van der Waals surface area contributed by atoms with Gasteiger partial charge in [0.1, 0.15) is 11.3 Å². The number of unbranched alkanes of at least 4 members (excludes halogenated alkanes) is 1. The Labute approximate surface area is 165 Å². The van der Waals surface area contributed by atoms with Crippen LogP contribution in [0.3, 0.4) is 0 Å². The van der Waals surface area contributed by atoms with Crippen LogP contribution in [0.15, 0.2) is 46.9 Å². The second kappa shape index (κ2) is 8.27. The molecule has 4 heteroatoms. The van der Waals surface area contributed by atoms with Gasteiger partial charge in [-0.05, 0) is 85.8 Å². The Hall–Kier alpha value is -2.46. The molecule has 0 saturated carbocycles. The van der Waals surface area contributed by atoms with E-state index in [9.17, 15) is 4.39 Å². The molecule has 1 aromatic heterocycles. The van der Waals surface area contributed by atoms with Gasteiger partial charge in [0.2, 0.25) is 0 Å². The molecule has 2 heterocycles. The monoisotopic (exact) mass is 378 g/mol. The number of nitrogens with zero attached hydrogens (tertiary/aromatic N) is 1. The van der Waals surface area contributed by atoms with E-state index in [0.29, 0.717) is 5.92 Å². The smallest absolute Gasteiger partial charge is 0.198 e. The minimum Gasteiger partial charge on any atom is -0.440 e. The van der Waals surface area contributed by atoms with Gasteiger partial charge in [-0.1, -0.05) is 31.6 Å². The number of piperidine rings is 1. The molecule has 1 N–H and O–H groups in total. The summed E-state index contributed by atoms with van der Waals surface area (Å²) in [6.07, 6.45) is 6.41. The van der Waals surface area contributed by atoms with Gasteiger partial charge in [-0.3, -0.25) is 0 Å². The van der Waals surface area contributed by atoms with Crippen LogP contribution in [0.4, 0.5) is 4.39 Å². The third kappa shape index (κ3) is 3.88. The van der Waals surface area contributed by atoms with Crippen LogP contribution in [0.25, 0.3) is 16.7 Å². The zero-order valence-electron chi connectivity index (χ0n) is 16.6. The van der Waals surface area contributed by atoms with Crippen LogP contribution in [0.5, 0.6) is 0 Å². The van der Waals surface area contributed by atoms with Crippen molar-refractivity contribution >= 4 is 16.7 Å². The minimum absolute atomic E-state index is 0.201. The number of halogens is 1. The normalized spacial score (nSPS) is 16.0. The highest BCUT2D eigenvalue weighted by atomic mass is 19.1. The molecule has 1 saturated heterocycles. The first-order valence-electron chi connectivity index (χ1n) is 10.2. The van der Waals surface area contributed by atoms with Crippen LogP contribution in [-0.4, -0.2) is 18.1 Å². The van der Waals surface area contributed by atoms with Crippen molar-refractivity contribution in [1.82, 2.24) is 10.3 Å². The van der Waals surface area contributed by atoms with Crippen LogP contribution >= 0.6 is 0 Å². The lowest BCUT2D eigenvalue weighted by Crippen LogP contribution is -2.26. The average Bonchev–Trinajstić information content (AvgIpc) is 3.14. The molecule has 0 radical (unpaired) electrons. The fourth-order valence-electron chi connectivity index (χ4n) is 3.95. The molecule has 0 amide bonds. The first kappa shape index (κ1) is 18.9. The third-order valence-corrected chi connectivity index (χ3v) is 5.52. The Kier molecular flexibility index (Phi) is 5.58. The number of benzene rings is 2. The highest BCUT2D eigenvalue weighted by Gasteiger charge is 2.21. The molecule has 0 spiro atoms. The van der Waals surface area contributed by atoms with Gasteiger partial charge in [-0.2, -0.15) is 0 Å². The van der Waals surface area contributed by atoms with Gasteiger partial charge in [-0.15, -0.1) is 0 Å². The van der Waals surface area contributed by atoms with Crippen LogP contribution in [-0.2, 0) is 0 Å². The van der Waals surface area contributed by atoms with E-state index in [1.165, 1.54) is 6.07 Å². The number of rotatable bonds is 5. The summed E-state index contributed by atoms with van der Waals surface area (Å²) in [6.45, 7) is 6.15. The number of allylic oxidation sites excluding steroid dienone is 1. The first-order chi connectivity index (χ1) is 13.7. The van der Waals surface area contributed by atoms with Crippen LogP contribution in [0.2, 0.25) is 0 Å². The molecule has 1 aliphatic rings. The summed E-state index contributed by atoms with van der Waals surface area (Å²) in [6, 6.07) is 11.2. The zero-order valence-corrected chi connectivity index (χ0v) is 16.6. The Morgan fingerprint density at radius 2 is 2.04 bits per heavy atom. The molecule has 146 valence electrons. The summed E-state index contributed by atoms with van der Waals surface area (Å²) in [5, 5.41) is 3.39. The van der Waals surface area contributed by atoms with Crippen molar-refractivity contribution in [1.29, 1.82) is 0 Å². The van der Waals surface area contributed by atoms with Crippen LogP contribution in [0, 0.1) is 12.7 Å². The molecule has 0 bridgehead atoms. The Bertz CT molecular complexity index is 999. The van der Waals surface area contributed by atoms with Gasteiger partial charge in [0.15, 0.2) is 11.5 Å². The van der Waals surface area contributed by atoms with Crippen molar-refractivity contribution in [3.05, 3.63) is 70.9 Å². The number of hydrogen-bond acceptors (Lipinski definition) is 3. The topological polar surface area (TPSA) is 38.1 Å². The largest absolute Gasteiger partial charge is 0.440 e. The van der Waals surface area contributed by atoms with Crippen LogP contribution in [0.1, 0.15) is 61.1 Å². The predicted octanol–water partition coefficient (Wildman–Crippen LogP) is 5.97. The average molecular weight is 378 g/mol. The number of nitrogens with one attached hydrogen (secondary N) is 1.